The monoisotopic (exact) mass is 555 g/mol. The van der Waals surface area contributed by atoms with E-state index in [1.54, 1.807) is 29.2 Å². The number of ether oxygens (including phenoxy) is 1. The largest absolute Gasteiger partial charge is 0.492 e. The van der Waals surface area contributed by atoms with Gasteiger partial charge < -0.3 is 30.8 Å². The Morgan fingerprint density at radius 2 is 1.98 bits per heavy atom. The molecule has 0 bridgehead atoms. The summed E-state index contributed by atoms with van der Waals surface area (Å²) in [5.41, 5.74) is 14.0. The van der Waals surface area contributed by atoms with Crippen LogP contribution in [0, 0.1) is 5.95 Å². The third kappa shape index (κ3) is 4.18. The van der Waals surface area contributed by atoms with Gasteiger partial charge in [-0.2, -0.15) is 4.39 Å². The van der Waals surface area contributed by atoms with Crippen LogP contribution >= 0.6 is 0 Å². The predicted molar refractivity (Wildman–Crippen MR) is 140 cm³/mol. The maximum atomic E-state index is 14.5. The molecule has 4 aromatic rings. The minimum absolute atomic E-state index is 0.00279. The summed E-state index contributed by atoms with van der Waals surface area (Å²) in [5.74, 6) is -3.80. The molecule has 5 N–H and O–H groups in total. The molecule has 5 heterocycles. The molecule has 3 atom stereocenters. The summed E-state index contributed by atoms with van der Waals surface area (Å²) in [6.07, 6.45) is 2.96. The zero-order valence-corrected chi connectivity index (χ0v) is 21.6. The lowest BCUT2D eigenvalue weighted by Crippen LogP contribution is -2.74. The number of imidazole rings is 1. The molecular weight excluding hydrogens is 527 g/mol. The summed E-state index contributed by atoms with van der Waals surface area (Å²) in [6, 6.07) is 4.28. The van der Waals surface area contributed by atoms with Crippen molar-refractivity contribution in [1.82, 2.24) is 29.5 Å². The fraction of sp³-hybridized carbons (Fsp3) is 0.423. The first kappa shape index (κ1) is 26.2. The van der Waals surface area contributed by atoms with Crippen LogP contribution < -0.4 is 21.1 Å². The van der Waals surface area contributed by atoms with Crippen LogP contribution in [0.25, 0.3) is 22.6 Å². The predicted octanol–water partition coefficient (Wildman–Crippen LogP) is 2.52. The maximum absolute atomic E-state index is 14.5. The first-order chi connectivity index (χ1) is 19.1. The van der Waals surface area contributed by atoms with Crippen molar-refractivity contribution in [2.45, 2.75) is 55.8 Å². The molecule has 2 aliphatic rings. The zero-order chi connectivity index (χ0) is 28.2. The molecular formula is C26H28F3N9O2. The van der Waals surface area contributed by atoms with E-state index in [-0.39, 0.29) is 36.6 Å². The van der Waals surface area contributed by atoms with Crippen LogP contribution in [0.5, 0.6) is 5.75 Å². The highest BCUT2D eigenvalue weighted by Gasteiger charge is 2.60. The van der Waals surface area contributed by atoms with E-state index in [0.717, 1.165) is 5.56 Å². The molecule has 2 fully saturated rings. The van der Waals surface area contributed by atoms with Crippen LogP contribution in [0.4, 0.5) is 24.7 Å². The van der Waals surface area contributed by atoms with E-state index in [1.807, 2.05) is 4.90 Å². The molecule has 1 aliphatic heterocycles. The number of hydrogen-bond donors (Lipinski definition) is 3. The molecule has 0 amide bonds. The number of nitrogen functional groups attached to an aromatic ring is 1. The smallest absolute Gasteiger partial charge is 0.275 e. The fourth-order valence-corrected chi connectivity index (χ4v) is 5.99. The summed E-state index contributed by atoms with van der Waals surface area (Å²) in [6.45, 7) is 0.779. The minimum atomic E-state index is -3.27. The van der Waals surface area contributed by atoms with E-state index in [9.17, 15) is 18.3 Å². The average molecular weight is 556 g/mol. The van der Waals surface area contributed by atoms with Crippen LogP contribution in [0.1, 0.15) is 31.2 Å². The second kappa shape index (κ2) is 9.55. The lowest BCUT2D eigenvalue weighted by atomic mass is 9.68. The van der Waals surface area contributed by atoms with E-state index in [4.69, 9.17) is 16.2 Å². The van der Waals surface area contributed by atoms with Crippen LogP contribution in [0.15, 0.2) is 37.1 Å². The second-order valence-electron chi connectivity index (χ2n) is 10.3. The molecule has 0 radical (unpaired) electrons. The van der Waals surface area contributed by atoms with Gasteiger partial charge in [0.25, 0.3) is 11.9 Å². The Balaban J connectivity index is 1.45. The standard InChI is InChI=1S/C26H28F3N9O2/c1-40-18-4-3-15(36-21(18)27)16-9-14(11-37-13-35-20-22(30)33-12-34-23(20)37)17(10-32-16)38-8-2-6-25(31)19(38)5-7-26(28,29)24(25)39/h3-4,9-10,12-13,19,24,39H,2,5-8,11,31H2,1H3,(H2,30,33,34)/t19?,24-,25-/m1/s1. The number of pyridine rings is 2. The summed E-state index contributed by atoms with van der Waals surface area (Å²) >= 11 is 0. The van der Waals surface area contributed by atoms with Gasteiger partial charge in [-0.05, 0) is 43.0 Å². The molecule has 14 heteroatoms. The highest BCUT2D eigenvalue weighted by Crippen LogP contribution is 2.46. The number of aliphatic hydroxyl groups excluding tert-OH is 1. The van der Waals surface area contributed by atoms with Crippen molar-refractivity contribution in [1.29, 1.82) is 0 Å². The van der Waals surface area contributed by atoms with Crippen molar-refractivity contribution in [3.63, 3.8) is 0 Å². The number of nitrogens with two attached hydrogens (primary N) is 2. The van der Waals surface area contributed by atoms with E-state index < -0.39 is 36.0 Å². The highest BCUT2D eigenvalue weighted by atomic mass is 19.3. The van der Waals surface area contributed by atoms with E-state index in [1.165, 1.54) is 19.5 Å². The summed E-state index contributed by atoms with van der Waals surface area (Å²) in [5, 5.41) is 10.6. The van der Waals surface area contributed by atoms with E-state index in [0.29, 0.717) is 35.5 Å². The van der Waals surface area contributed by atoms with Gasteiger partial charge in [0, 0.05) is 19.0 Å². The number of aliphatic hydroxyl groups is 1. The summed E-state index contributed by atoms with van der Waals surface area (Å²) < 4.78 is 50.3. The number of hydrogen-bond acceptors (Lipinski definition) is 10. The first-order valence-electron chi connectivity index (χ1n) is 12.8. The number of aromatic nitrogens is 6. The van der Waals surface area contributed by atoms with Gasteiger partial charge in [0.05, 0.1) is 48.8 Å². The topological polar surface area (TPSA) is 154 Å². The van der Waals surface area contributed by atoms with Crippen molar-refractivity contribution in [3.8, 4) is 17.1 Å². The van der Waals surface area contributed by atoms with Gasteiger partial charge in [-0.25, -0.2) is 28.7 Å². The molecule has 40 heavy (non-hydrogen) atoms. The molecule has 1 saturated heterocycles. The molecule has 6 rings (SSSR count). The fourth-order valence-electron chi connectivity index (χ4n) is 5.99. The van der Waals surface area contributed by atoms with E-state index in [2.05, 4.69) is 24.9 Å². The van der Waals surface area contributed by atoms with Gasteiger partial charge in [-0.15, -0.1) is 0 Å². The third-order valence-corrected chi connectivity index (χ3v) is 8.01. The molecule has 1 aliphatic carbocycles. The van der Waals surface area contributed by atoms with Gasteiger partial charge in [0.1, 0.15) is 17.9 Å². The number of methoxy groups -OCH3 is 1. The quantitative estimate of drug-likeness (QED) is 0.313. The van der Waals surface area contributed by atoms with Crippen LogP contribution in [0.3, 0.4) is 0 Å². The third-order valence-electron chi connectivity index (χ3n) is 8.01. The Hall–Kier alpha value is -4.04. The lowest BCUT2D eigenvalue weighted by molar-refractivity contribution is -0.172. The normalized spacial score (nSPS) is 24.2. The van der Waals surface area contributed by atoms with Gasteiger partial charge in [0.15, 0.2) is 17.2 Å². The number of halogens is 3. The molecule has 11 nitrogen and oxygen atoms in total. The SMILES string of the molecule is COc1ccc(-c2cc(Cn3cnc4c(N)ncnc43)c(N3CCC[C@@]4(N)C3CCC(F)(F)[C@@H]4O)cn2)nc1F. The number of fused-ring (bicyclic) bond motifs is 2. The van der Waals surface area contributed by atoms with Crippen molar-refractivity contribution >= 4 is 22.7 Å². The number of rotatable bonds is 5. The van der Waals surface area contributed by atoms with Crippen LogP contribution in [0.2, 0.25) is 0 Å². The van der Waals surface area contributed by atoms with Gasteiger partial charge in [0.2, 0.25) is 0 Å². The first-order valence-corrected chi connectivity index (χ1v) is 12.8. The molecule has 0 aromatic carbocycles. The van der Waals surface area contributed by atoms with Gasteiger partial charge in [-0.3, -0.25) is 4.98 Å². The van der Waals surface area contributed by atoms with Crippen molar-refractivity contribution in [2.75, 3.05) is 24.3 Å². The molecule has 1 saturated carbocycles. The van der Waals surface area contributed by atoms with Gasteiger partial charge in [-0.1, -0.05) is 0 Å². The highest BCUT2D eigenvalue weighted by molar-refractivity contribution is 5.81. The number of alkyl halides is 2. The molecule has 210 valence electrons. The lowest BCUT2D eigenvalue weighted by Gasteiger charge is -2.55. The maximum Gasteiger partial charge on any atom is 0.275 e. The number of anilines is 2. The Kier molecular flexibility index (Phi) is 6.26. The van der Waals surface area contributed by atoms with Gasteiger partial charge >= 0.3 is 0 Å². The average Bonchev–Trinajstić information content (AvgIpc) is 3.35. The Morgan fingerprint density at radius 3 is 2.75 bits per heavy atom. The molecule has 1 unspecified atom stereocenters. The van der Waals surface area contributed by atoms with Crippen molar-refractivity contribution in [2.24, 2.45) is 5.73 Å². The molecule has 0 spiro atoms. The number of nitrogens with zero attached hydrogens (tertiary/aromatic N) is 7. The molecule has 4 aromatic heterocycles. The van der Waals surface area contributed by atoms with Crippen molar-refractivity contribution in [3.05, 3.63) is 48.6 Å². The number of piperidine rings is 1. The summed E-state index contributed by atoms with van der Waals surface area (Å²) in [4.78, 5) is 23.2. The van der Waals surface area contributed by atoms with Crippen LogP contribution in [-0.4, -0.2) is 71.9 Å². The van der Waals surface area contributed by atoms with Crippen molar-refractivity contribution < 1.29 is 23.0 Å². The Labute approximate surface area is 227 Å². The Bertz CT molecular complexity index is 1580. The zero-order valence-electron chi connectivity index (χ0n) is 21.6. The van der Waals surface area contributed by atoms with E-state index >= 15 is 0 Å². The second-order valence-corrected chi connectivity index (χ2v) is 10.3. The summed E-state index contributed by atoms with van der Waals surface area (Å²) in [7, 11) is 1.35. The van der Waals surface area contributed by atoms with Crippen LogP contribution in [-0.2, 0) is 6.54 Å². The minimum Gasteiger partial charge on any atom is -0.492 e. The Morgan fingerprint density at radius 1 is 1.15 bits per heavy atom.